The Morgan fingerprint density at radius 3 is 2.90 bits per heavy atom. The van der Waals surface area contributed by atoms with Gasteiger partial charge in [0, 0.05) is 25.0 Å². The lowest BCUT2D eigenvalue weighted by Gasteiger charge is -2.43. The molecule has 154 valence electrons. The van der Waals surface area contributed by atoms with Gasteiger partial charge in [0.15, 0.2) is 0 Å². The second-order valence-corrected chi connectivity index (χ2v) is 7.96. The molecule has 29 heavy (non-hydrogen) atoms. The fraction of sp³-hybridized carbons (Fsp3) is 0.476. The van der Waals surface area contributed by atoms with Gasteiger partial charge in [0.05, 0.1) is 31.0 Å². The molecule has 0 unspecified atom stereocenters. The van der Waals surface area contributed by atoms with E-state index >= 15 is 0 Å². The fourth-order valence-corrected chi connectivity index (χ4v) is 4.36. The number of carbonyl (C=O) groups excluding carboxylic acids is 1. The van der Waals surface area contributed by atoms with E-state index in [9.17, 15) is 4.79 Å². The molecule has 2 aromatic rings. The van der Waals surface area contributed by atoms with Crippen molar-refractivity contribution in [2.24, 2.45) is 0 Å². The van der Waals surface area contributed by atoms with E-state index in [1.54, 1.807) is 25.3 Å². The molecule has 1 saturated heterocycles. The molecule has 0 radical (unpaired) electrons. The molecule has 0 atom stereocenters. The van der Waals surface area contributed by atoms with Crippen LogP contribution in [0, 0.1) is 6.92 Å². The Hall–Kier alpha value is -2.22. The molecular weight excluding hydrogens is 392 g/mol. The van der Waals surface area contributed by atoms with Gasteiger partial charge in [-0.3, -0.25) is 9.69 Å². The summed E-state index contributed by atoms with van der Waals surface area (Å²) in [4.78, 5) is 23.7. The summed E-state index contributed by atoms with van der Waals surface area (Å²) in [6.07, 6.45) is 4.42. The van der Waals surface area contributed by atoms with Crippen molar-refractivity contribution in [1.29, 1.82) is 0 Å². The number of hydrogen-bond acceptors (Lipinski definition) is 6. The van der Waals surface area contributed by atoms with Crippen molar-refractivity contribution in [3.05, 3.63) is 46.5 Å². The normalized spacial score (nSPS) is 18.3. The van der Waals surface area contributed by atoms with Crippen LogP contribution in [-0.4, -0.2) is 54.1 Å². The average molecular weight is 417 g/mol. The Bertz CT molecular complexity index is 913. The standard InChI is InChI=1S/C21H25ClN4O3/c1-14-23-12-15-5-10-29-21(20(15)24-14)6-8-26(9-7-21)13-19(27)25-16-3-4-18(28-2)17(22)11-16/h3-4,11-12H,5-10,13H2,1-2H3,(H,25,27). The number of likely N-dealkylation sites (tertiary alicyclic amines) is 1. The van der Waals surface area contributed by atoms with E-state index in [-0.39, 0.29) is 11.5 Å². The smallest absolute Gasteiger partial charge is 0.238 e. The minimum atomic E-state index is -0.349. The lowest BCUT2D eigenvalue weighted by molar-refractivity contribution is -0.122. The molecule has 1 amide bonds. The second-order valence-electron chi connectivity index (χ2n) is 7.56. The van der Waals surface area contributed by atoms with Crippen molar-refractivity contribution in [3.63, 3.8) is 0 Å². The summed E-state index contributed by atoms with van der Waals surface area (Å²) in [7, 11) is 1.56. The van der Waals surface area contributed by atoms with E-state index in [1.807, 2.05) is 13.1 Å². The molecule has 1 fully saturated rings. The van der Waals surface area contributed by atoms with Crippen LogP contribution < -0.4 is 10.1 Å². The minimum absolute atomic E-state index is 0.0645. The number of nitrogens with zero attached hydrogens (tertiary/aromatic N) is 3. The molecule has 1 N–H and O–H groups in total. The van der Waals surface area contributed by atoms with Gasteiger partial charge in [0.2, 0.25) is 5.91 Å². The monoisotopic (exact) mass is 416 g/mol. The van der Waals surface area contributed by atoms with Crippen LogP contribution in [0.5, 0.6) is 5.75 Å². The number of amides is 1. The predicted molar refractivity (Wildman–Crippen MR) is 110 cm³/mol. The molecule has 1 aromatic carbocycles. The van der Waals surface area contributed by atoms with Crippen LogP contribution in [0.3, 0.4) is 0 Å². The van der Waals surface area contributed by atoms with Crippen molar-refractivity contribution >= 4 is 23.2 Å². The molecule has 1 spiro atoms. The number of rotatable bonds is 4. The van der Waals surface area contributed by atoms with Gasteiger partial charge < -0.3 is 14.8 Å². The van der Waals surface area contributed by atoms with E-state index in [2.05, 4.69) is 15.2 Å². The Balaban J connectivity index is 1.37. The lowest BCUT2D eigenvalue weighted by Crippen LogP contribution is -2.48. The van der Waals surface area contributed by atoms with Gasteiger partial charge in [-0.1, -0.05) is 11.6 Å². The van der Waals surface area contributed by atoms with Crippen LogP contribution in [0.25, 0.3) is 0 Å². The number of aromatic nitrogens is 2. The second kappa shape index (κ2) is 8.26. The summed E-state index contributed by atoms with van der Waals surface area (Å²) in [5, 5.41) is 3.37. The maximum absolute atomic E-state index is 12.5. The molecule has 2 aliphatic heterocycles. The number of fused-ring (bicyclic) bond motifs is 2. The number of carbonyl (C=O) groups is 1. The summed E-state index contributed by atoms with van der Waals surface area (Å²) in [5.74, 6) is 1.29. The van der Waals surface area contributed by atoms with Gasteiger partial charge in [-0.15, -0.1) is 0 Å². The van der Waals surface area contributed by atoms with Gasteiger partial charge >= 0.3 is 0 Å². The third-order valence-electron chi connectivity index (χ3n) is 5.63. The quantitative estimate of drug-likeness (QED) is 0.825. The van der Waals surface area contributed by atoms with Crippen LogP contribution in [-0.2, 0) is 21.6 Å². The van der Waals surface area contributed by atoms with E-state index in [4.69, 9.17) is 26.1 Å². The lowest BCUT2D eigenvalue weighted by atomic mass is 9.83. The van der Waals surface area contributed by atoms with E-state index in [0.717, 1.165) is 43.9 Å². The first kappa shape index (κ1) is 20.1. The Morgan fingerprint density at radius 1 is 1.38 bits per heavy atom. The molecule has 7 nitrogen and oxygen atoms in total. The van der Waals surface area contributed by atoms with Crippen molar-refractivity contribution < 1.29 is 14.3 Å². The predicted octanol–water partition coefficient (Wildman–Crippen LogP) is 2.95. The number of halogens is 1. The number of benzene rings is 1. The van der Waals surface area contributed by atoms with E-state index in [0.29, 0.717) is 29.6 Å². The zero-order valence-corrected chi connectivity index (χ0v) is 17.5. The van der Waals surface area contributed by atoms with Crippen molar-refractivity contribution in [2.45, 2.75) is 31.8 Å². The van der Waals surface area contributed by atoms with Crippen LogP contribution in [0.2, 0.25) is 5.02 Å². The van der Waals surface area contributed by atoms with Crippen LogP contribution in [0.1, 0.15) is 29.9 Å². The summed E-state index contributed by atoms with van der Waals surface area (Å²) in [6.45, 7) is 4.49. The number of nitrogens with one attached hydrogen (secondary N) is 1. The molecule has 0 saturated carbocycles. The Morgan fingerprint density at radius 2 is 2.17 bits per heavy atom. The average Bonchev–Trinajstić information content (AvgIpc) is 2.71. The summed E-state index contributed by atoms with van der Waals surface area (Å²) < 4.78 is 11.4. The summed E-state index contributed by atoms with van der Waals surface area (Å²) in [6, 6.07) is 5.21. The SMILES string of the molecule is COc1ccc(NC(=O)CN2CCC3(CC2)OCCc2cnc(C)nc23)cc1Cl. The third kappa shape index (κ3) is 4.22. The zero-order valence-electron chi connectivity index (χ0n) is 16.7. The molecular formula is C21H25ClN4O3. The number of hydrogen-bond donors (Lipinski definition) is 1. The highest BCUT2D eigenvalue weighted by Crippen LogP contribution is 2.40. The Labute approximate surface area is 175 Å². The molecule has 0 bridgehead atoms. The van der Waals surface area contributed by atoms with Gasteiger partial charge in [0.25, 0.3) is 0 Å². The van der Waals surface area contributed by atoms with Crippen molar-refractivity contribution in [1.82, 2.24) is 14.9 Å². The van der Waals surface area contributed by atoms with Crippen LogP contribution >= 0.6 is 11.6 Å². The van der Waals surface area contributed by atoms with E-state index in [1.165, 1.54) is 5.56 Å². The zero-order chi connectivity index (χ0) is 20.4. The first-order valence-corrected chi connectivity index (χ1v) is 10.2. The Kier molecular flexibility index (Phi) is 5.72. The molecule has 3 heterocycles. The van der Waals surface area contributed by atoms with Gasteiger partial charge in [-0.2, -0.15) is 0 Å². The van der Waals surface area contributed by atoms with Crippen LogP contribution in [0.15, 0.2) is 24.4 Å². The van der Waals surface area contributed by atoms with Crippen molar-refractivity contribution in [2.75, 3.05) is 38.7 Å². The van der Waals surface area contributed by atoms with Crippen LogP contribution in [0.4, 0.5) is 5.69 Å². The summed E-state index contributed by atoms with van der Waals surface area (Å²) >= 11 is 6.13. The minimum Gasteiger partial charge on any atom is -0.495 e. The number of ether oxygens (including phenoxy) is 2. The number of aryl methyl sites for hydroxylation is 1. The van der Waals surface area contributed by atoms with Gasteiger partial charge in [-0.25, -0.2) is 9.97 Å². The molecule has 0 aliphatic carbocycles. The highest BCUT2D eigenvalue weighted by molar-refractivity contribution is 6.32. The highest BCUT2D eigenvalue weighted by Gasteiger charge is 2.42. The fourth-order valence-electron chi connectivity index (χ4n) is 4.10. The number of methoxy groups -OCH3 is 1. The summed E-state index contributed by atoms with van der Waals surface area (Å²) in [5.41, 5.74) is 2.53. The molecule has 4 rings (SSSR count). The number of piperidine rings is 1. The van der Waals surface area contributed by atoms with Gasteiger partial charge in [0.1, 0.15) is 17.2 Å². The third-order valence-corrected chi connectivity index (χ3v) is 5.93. The molecule has 1 aromatic heterocycles. The highest BCUT2D eigenvalue weighted by atomic mass is 35.5. The maximum atomic E-state index is 12.5. The van der Waals surface area contributed by atoms with Crippen molar-refractivity contribution in [3.8, 4) is 5.75 Å². The number of anilines is 1. The first-order valence-electron chi connectivity index (χ1n) is 9.82. The topological polar surface area (TPSA) is 76.6 Å². The maximum Gasteiger partial charge on any atom is 0.238 e. The molecule has 2 aliphatic rings. The van der Waals surface area contributed by atoms with Gasteiger partial charge in [-0.05, 0) is 49.9 Å². The largest absolute Gasteiger partial charge is 0.495 e. The van der Waals surface area contributed by atoms with E-state index < -0.39 is 0 Å². The molecule has 8 heteroatoms. The first-order chi connectivity index (χ1) is 14.0.